The minimum absolute atomic E-state index is 0.167. The number of aromatic nitrogens is 2. The van der Waals surface area contributed by atoms with Crippen molar-refractivity contribution in [1.82, 2.24) is 10.2 Å². The van der Waals surface area contributed by atoms with Gasteiger partial charge in [0.05, 0.1) is 11.4 Å². The molecule has 0 radical (unpaired) electrons. The maximum atomic E-state index is 13.9. The number of fused-ring (bicyclic) bond motifs is 5. The highest BCUT2D eigenvalue weighted by Gasteiger charge is 2.53. The number of rotatable bonds is 1. The van der Waals surface area contributed by atoms with Gasteiger partial charge in [-0.15, -0.1) is 0 Å². The van der Waals surface area contributed by atoms with Crippen molar-refractivity contribution in [1.29, 1.82) is 0 Å². The number of halogens is 1. The summed E-state index contributed by atoms with van der Waals surface area (Å²) >= 11 is 0. The number of nitrogens with zero attached hydrogens (tertiary/aromatic N) is 2. The van der Waals surface area contributed by atoms with Gasteiger partial charge in [0.1, 0.15) is 5.82 Å². The first-order chi connectivity index (χ1) is 9.61. The summed E-state index contributed by atoms with van der Waals surface area (Å²) in [7, 11) is 0. The molecule has 0 amide bonds. The Morgan fingerprint density at radius 1 is 1.25 bits per heavy atom. The van der Waals surface area contributed by atoms with Crippen molar-refractivity contribution >= 4 is 0 Å². The average Bonchev–Trinajstić information content (AvgIpc) is 2.86. The molecular formula is C17H17FN2. The molecule has 20 heavy (non-hydrogen) atoms. The predicted molar refractivity (Wildman–Crippen MR) is 75.9 cm³/mol. The van der Waals surface area contributed by atoms with Gasteiger partial charge in [0.15, 0.2) is 0 Å². The van der Waals surface area contributed by atoms with Crippen molar-refractivity contribution in [2.45, 2.75) is 38.0 Å². The molecule has 1 fully saturated rings. The van der Waals surface area contributed by atoms with Crippen molar-refractivity contribution in [2.24, 2.45) is 5.92 Å². The molecule has 1 aromatic carbocycles. The van der Waals surface area contributed by atoms with Crippen molar-refractivity contribution in [2.75, 3.05) is 0 Å². The van der Waals surface area contributed by atoms with Crippen LogP contribution in [-0.2, 0) is 5.41 Å². The Kier molecular flexibility index (Phi) is 2.33. The Hall–Kier alpha value is -1.77. The van der Waals surface area contributed by atoms with Crippen LogP contribution < -0.4 is 0 Å². The summed E-state index contributed by atoms with van der Waals surface area (Å²) in [5.41, 5.74) is 3.80. The highest BCUT2D eigenvalue weighted by Crippen LogP contribution is 2.60. The van der Waals surface area contributed by atoms with Crippen LogP contribution >= 0.6 is 0 Å². The fourth-order valence-corrected chi connectivity index (χ4v) is 4.07. The second-order valence-corrected chi connectivity index (χ2v) is 6.36. The fraction of sp³-hybridized carbons (Fsp3) is 0.412. The molecule has 2 aliphatic carbocycles. The number of hydrogen-bond acceptors (Lipinski definition) is 2. The first-order valence-corrected chi connectivity index (χ1v) is 7.24. The van der Waals surface area contributed by atoms with E-state index in [1.807, 2.05) is 6.07 Å². The van der Waals surface area contributed by atoms with Crippen LogP contribution in [-0.4, -0.2) is 10.2 Å². The van der Waals surface area contributed by atoms with E-state index >= 15 is 0 Å². The van der Waals surface area contributed by atoms with Crippen molar-refractivity contribution < 1.29 is 4.39 Å². The second-order valence-electron chi connectivity index (χ2n) is 6.36. The van der Waals surface area contributed by atoms with E-state index in [0.29, 0.717) is 23.1 Å². The smallest absolute Gasteiger partial charge is 0.132 e. The van der Waals surface area contributed by atoms with Crippen LogP contribution in [0.3, 0.4) is 0 Å². The molecule has 2 aromatic rings. The molecular weight excluding hydrogens is 251 g/mol. The lowest BCUT2D eigenvalue weighted by Crippen LogP contribution is -2.23. The fourth-order valence-electron chi connectivity index (χ4n) is 4.07. The van der Waals surface area contributed by atoms with Gasteiger partial charge in [0.2, 0.25) is 0 Å². The summed E-state index contributed by atoms with van der Waals surface area (Å²) in [6.07, 6.45) is 2.41. The Labute approximate surface area is 118 Å². The highest BCUT2D eigenvalue weighted by molar-refractivity contribution is 5.61. The topological polar surface area (TPSA) is 25.8 Å². The maximum Gasteiger partial charge on any atom is 0.132 e. The minimum atomic E-state index is -0.232. The van der Waals surface area contributed by atoms with Gasteiger partial charge >= 0.3 is 0 Å². The Balaban J connectivity index is 1.87. The van der Waals surface area contributed by atoms with Crippen LogP contribution in [0.25, 0.3) is 11.3 Å². The number of benzene rings is 1. The maximum absolute atomic E-state index is 13.9. The highest BCUT2D eigenvalue weighted by atomic mass is 19.1. The van der Waals surface area contributed by atoms with Crippen LogP contribution in [0.15, 0.2) is 30.3 Å². The van der Waals surface area contributed by atoms with Crippen LogP contribution in [0.4, 0.5) is 4.39 Å². The van der Waals surface area contributed by atoms with Crippen molar-refractivity contribution in [3.63, 3.8) is 0 Å². The van der Waals surface area contributed by atoms with E-state index < -0.39 is 0 Å². The summed E-state index contributed by atoms with van der Waals surface area (Å²) in [4.78, 5) is 0. The van der Waals surface area contributed by atoms with E-state index in [4.69, 9.17) is 0 Å². The first-order valence-electron chi connectivity index (χ1n) is 7.24. The van der Waals surface area contributed by atoms with E-state index in [1.54, 1.807) is 12.1 Å². The van der Waals surface area contributed by atoms with Gasteiger partial charge < -0.3 is 0 Å². The summed E-state index contributed by atoms with van der Waals surface area (Å²) in [6, 6.07) is 8.84. The zero-order valence-electron chi connectivity index (χ0n) is 11.7. The van der Waals surface area contributed by atoms with Crippen LogP contribution in [0.1, 0.15) is 43.9 Å². The van der Waals surface area contributed by atoms with Gasteiger partial charge in [0, 0.05) is 11.0 Å². The third-order valence-corrected chi connectivity index (χ3v) is 5.50. The summed E-state index contributed by atoms with van der Waals surface area (Å²) in [5, 5.41) is 8.75. The molecule has 3 heteroatoms. The molecule has 0 N–H and O–H groups in total. The normalized spacial score (nSPS) is 30.6. The Bertz CT molecular complexity index is 697. The molecule has 102 valence electrons. The van der Waals surface area contributed by atoms with E-state index in [-0.39, 0.29) is 11.2 Å². The molecule has 0 aliphatic heterocycles. The molecule has 1 unspecified atom stereocenters. The molecule has 1 heterocycles. The van der Waals surface area contributed by atoms with Crippen LogP contribution in [0.5, 0.6) is 0 Å². The number of hydrogen-bond donors (Lipinski definition) is 0. The monoisotopic (exact) mass is 268 g/mol. The predicted octanol–water partition coefficient (Wildman–Crippen LogP) is 4.07. The molecule has 1 saturated carbocycles. The molecule has 2 bridgehead atoms. The van der Waals surface area contributed by atoms with Gasteiger partial charge in [-0.3, -0.25) is 0 Å². The Morgan fingerprint density at radius 2 is 2.05 bits per heavy atom. The lowest BCUT2D eigenvalue weighted by molar-refractivity contribution is 0.376. The van der Waals surface area contributed by atoms with Gasteiger partial charge in [-0.1, -0.05) is 26.0 Å². The first kappa shape index (κ1) is 12.0. The molecule has 0 saturated heterocycles. The van der Waals surface area contributed by atoms with E-state index in [1.165, 1.54) is 24.5 Å². The van der Waals surface area contributed by atoms with Gasteiger partial charge in [-0.2, -0.15) is 10.2 Å². The molecule has 4 rings (SSSR count). The lowest BCUT2D eigenvalue weighted by Gasteiger charge is -2.24. The standard InChI is InChI=1S/C17H17FN2/c1-10-11-7-8-17(10,2)16-13(11)9-15(19-20-16)12-5-3-4-6-14(12)18/h3-6,9-11H,7-8H2,1-2H3/t10?,11-,17+/m0/s1. The SMILES string of the molecule is CC1[C@@H]2CC[C@@]1(C)c1nnc(-c3ccccc3F)cc12. The molecule has 1 aromatic heterocycles. The second kappa shape index (κ2) is 3.87. The van der Waals surface area contributed by atoms with Crippen LogP contribution in [0, 0.1) is 11.7 Å². The van der Waals surface area contributed by atoms with E-state index in [2.05, 4.69) is 30.1 Å². The minimum Gasteiger partial charge on any atom is -0.206 e. The lowest BCUT2D eigenvalue weighted by atomic mass is 9.81. The van der Waals surface area contributed by atoms with E-state index in [9.17, 15) is 4.39 Å². The molecule has 0 spiro atoms. The molecule has 3 atom stereocenters. The van der Waals surface area contributed by atoms with E-state index in [0.717, 1.165) is 5.69 Å². The summed E-state index contributed by atoms with van der Waals surface area (Å²) in [5.74, 6) is 0.947. The third kappa shape index (κ3) is 1.38. The summed E-state index contributed by atoms with van der Waals surface area (Å²) in [6.45, 7) is 4.60. The third-order valence-electron chi connectivity index (χ3n) is 5.50. The quantitative estimate of drug-likeness (QED) is 0.779. The van der Waals surface area contributed by atoms with Crippen molar-refractivity contribution in [3.8, 4) is 11.3 Å². The Morgan fingerprint density at radius 3 is 2.85 bits per heavy atom. The molecule has 2 nitrogen and oxygen atoms in total. The van der Waals surface area contributed by atoms with Gasteiger partial charge in [0.25, 0.3) is 0 Å². The van der Waals surface area contributed by atoms with Gasteiger partial charge in [-0.05, 0) is 48.4 Å². The molecule has 2 aliphatic rings. The zero-order chi connectivity index (χ0) is 13.9. The van der Waals surface area contributed by atoms with Crippen molar-refractivity contribution in [3.05, 3.63) is 47.4 Å². The van der Waals surface area contributed by atoms with Crippen LogP contribution in [0.2, 0.25) is 0 Å². The largest absolute Gasteiger partial charge is 0.206 e. The van der Waals surface area contributed by atoms with Gasteiger partial charge in [-0.25, -0.2) is 4.39 Å². The summed E-state index contributed by atoms with van der Waals surface area (Å²) < 4.78 is 13.9. The zero-order valence-corrected chi connectivity index (χ0v) is 11.7. The average molecular weight is 268 g/mol.